The average molecular weight is 533 g/mol. The van der Waals surface area contributed by atoms with E-state index in [2.05, 4.69) is 14.4 Å². The number of aromatic nitrogens is 2. The van der Waals surface area contributed by atoms with Gasteiger partial charge >= 0.3 is 6.01 Å². The second-order valence-corrected chi connectivity index (χ2v) is 11.4. The van der Waals surface area contributed by atoms with Gasteiger partial charge in [-0.25, -0.2) is 26.5 Å². The summed E-state index contributed by atoms with van der Waals surface area (Å²) >= 11 is 11.8. The Morgan fingerprint density at radius 2 is 1.82 bits per heavy atom. The molecule has 1 heterocycles. The molecule has 33 heavy (non-hydrogen) atoms. The molecule has 2 aromatic carbocycles. The van der Waals surface area contributed by atoms with Crippen molar-refractivity contribution in [3.05, 3.63) is 64.4 Å². The van der Waals surface area contributed by atoms with E-state index in [1.807, 2.05) is 6.92 Å². The third kappa shape index (κ3) is 6.39. The monoisotopic (exact) mass is 532 g/mol. The summed E-state index contributed by atoms with van der Waals surface area (Å²) in [7, 11) is -7.32. The highest BCUT2D eigenvalue weighted by atomic mass is 35.5. The van der Waals surface area contributed by atoms with Crippen LogP contribution in [0.3, 0.4) is 0 Å². The first-order valence-electron chi connectivity index (χ1n) is 9.68. The van der Waals surface area contributed by atoms with Gasteiger partial charge in [-0.3, -0.25) is 9.29 Å². The largest absolute Gasteiger partial charge is 0.425 e. The van der Waals surface area contributed by atoms with Crippen molar-refractivity contribution in [1.29, 1.82) is 0 Å². The van der Waals surface area contributed by atoms with Crippen molar-refractivity contribution in [3.63, 3.8) is 0 Å². The summed E-state index contributed by atoms with van der Waals surface area (Å²) in [4.78, 5) is 4.25. The SMILES string of the molecule is CCn1c(C(C)NS(=O)(=O)c2ccc(Cl)c(Cl)c2)cnc1Oc1cccc(NS(C)(=O)=O)c1. The van der Waals surface area contributed by atoms with Gasteiger partial charge < -0.3 is 4.74 Å². The second kappa shape index (κ2) is 9.90. The molecule has 0 saturated carbocycles. The summed E-state index contributed by atoms with van der Waals surface area (Å²) in [6.07, 6.45) is 2.57. The normalized spacial score (nSPS) is 13.0. The molecule has 0 aliphatic heterocycles. The van der Waals surface area contributed by atoms with Crippen LogP contribution in [0.5, 0.6) is 11.8 Å². The number of hydrogen-bond acceptors (Lipinski definition) is 6. The summed E-state index contributed by atoms with van der Waals surface area (Å²) in [6.45, 7) is 3.99. The van der Waals surface area contributed by atoms with Gasteiger partial charge in [0.2, 0.25) is 20.0 Å². The van der Waals surface area contributed by atoms with E-state index in [9.17, 15) is 16.8 Å². The molecule has 0 bridgehead atoms. The minimum absolute atomic E-state index is 0.0158. The Kier molecular flexibility index (Phi) is 7.59. The molecule has 9 nitrogen and oxygen atoms in total. The van der Waals surface area contributed by atoms with E-state index in [1.54, 1.807) is 29.7 Å². The zero-order valence-corrected chi connectivity index (χ0v) is 21.1. The van der Waals surface area contributed by atoms with Gasteiger partial charge in [0.15, 0.2) is 0 Å². The van der Waals surface area contributed by atoms with E-state index < -0.39 is 26.1 Å². The smallest absolute Gasteiger partial charge is 0.302 e. The molecule has 0 fully saturated rings. The summed E-state index contributed by atoms with van der Waals surface area (Å²) in [6, 6.07) is 10.0. The van der Waals surface area contributed by atoms with Crippen LogP contribution in [0, 0.1) is 0 Å². The molecule has 1 aromatic heterocycles. The number of halogens is 2. The van der Waals surface area contributed by atoms with Gasteiger partial charge in [-0.2, -0.15) is 0 Å². The maximum Gasteiger partial charge on any atom is 0.302 e. The topological polar surface area (TPSA) is 119 Å². The highest BCUT2D eigenvalue weighted by molar-refractivity contribution is 7.92. The summed E-state index contributed by atoms with van der Waals surface area (Å²) in [5, 5.41) is 0.388. The van der Waals surface area contributed by atoms with Crippen molar-refractivity contribution in [3.8, 4) is 11.8 Å². The third-order valence-corrected chi connectivity index (χ3v) is 7.37. The van der Waals surface area contributed by atoms with Gasteiger partial charge in [-0.1, -0.05) is 29.3 Å². The Hall–Kier alpha value is -2.31. The predicted octanol–water partition coefficient (Wildman–Crippen LogP) is 4.41. The van der Waals surface area contributed by atoms with Gasteiger partial charge in [0.25, 0.3) is 0 Å². The fourth-order valence-corrected chi connectivity index (χ4v) is 5.22. The molecule has 0 aliphatic rings. The first-order valence-corrected chi connectivity index (χ1v) is 13.8. The molecular formula is C20H22Cl2N4O5S2. The molecular weight excluding hydrogens is 511 g/mol. The second-order valence-electron chi connectivity index (χ2n) is 7.13. The quantitative estimate of drug-likeness (QED) is 0.421. The standard InChI is InChI=1S/C20H22Cl2N4O5S2/c1-4-26-19(13(2)24-33(29,30)16-8-9-17(21)18(22)11-16)12-23-20(26)31-15-7-5-6-14(10-15)25-32(3,27)28/h5-13,24-25H,4H2,1-3H3. The van der Waals surface area contributed by atoms with E-state index in [0.717, 1.165) is 6.26 Å². The van der Waals surface area contributed by atoms with Gasteiger partial charge in [0.05, 0.1) is 44.8 Å². The van der Waals surface area contributed by atoms with E-state index >= 15 is 0 Å². The first kappa shape index (κ1) is 25.3. The van der Waals surface area contributed by atoms with E-state index in [0.29, 0.717) is 23.7 Å². The van der Waals surface area contributed by atoms with Crippen LogP contribution in [0.15, 0.2) is 53.6 Å². The lowest BCUT2D eigenvalue weighted by Gasteiger charge is -2.17. The Morgan fingerprint density at radius 1 is 1.09 bits per heavy atom. The maximum atomic E-state index is 12.8. The number of benzene rings is 2. The zero-order valence-electron chi connectivity index (χ0n) is 17.9. The Bertz CT molecular complexity index is 1370. The zero-order chi connectivity index (χ0) is 24.4. The van der Waals surface area contributed by atoms with E-state index in [-0.39, 0.29) is 21.0 Å². The molecule has 0 aliphatic carbocycles. The highest BCUT2D eigenvalue weighted by Gasteiger charge is 2.23. The summed E-state index contributed by atoms with van der Waals surface area (Å²) in [5.74, 6) is 0.361. The molecule has 3 rings (SSSR count). The van der Waals surface area contributed by atoms with Gasteiger partial charge in [0, 0.05) is 12.6 Å². The van der Waals surface area contributed by atoms with Crippen molar-refractivity contribution in [2.45, 2.75) is 31.3 Å². The van der Waals surface area contributed by atoms with Crippen molar-refractivity contribution in [2.75, 3.05) is 11.0 Å². The summed E-state index contributed by atoms with van der Waals surface area (Å²) in [5.41, 5.74) is 0.911. The molecule has 0 radical (unpaired) electrons. The number of anilines is 1. The molecule has 1 atom stereocenters. The lowest BCUT2D eigenvalue weighted by atomic mass is 10.3. The first-order chi connectivity index (χ1) is 15.4. The number of sulfonamides is 2. The van der Waals surface area contributed by atoms with Crippen LogP contribution in [0.1, 0.15) is 25.6 Å². The van der Waals surface area contributed by atoms with E-state index in [1.165, 1.54) is 30.5 Å². The number of ether oxygens (including phenoxy) is 1. The predicted molar refractivity (Wildman–Crippen MR) is 128 cm³/mol. The van der Waals surface area contributed by atoms with Crippen molar-refractivity contribution in [2.24, 2.45) is 0 Å². The summed E-state index contributed by atoms with van der Waals surface area (Å²) < 4.78 is 61.0. The van der Waals surface area contributed by atoms with Crippen LogP contribution in [-0.2, 0) is 26.6 Å². The molecule has 1 unspecified atom stereocenters. The fraction of sp³-hybridized carbons (Fsp3) is 0.250. The highest BCUT2D eigenvalue weighted by Crippen LogP contribution is 2.29. The molecule has 3 aromatic rings. The Labute approximate surface area is 202 Å². The molecule has 13 heteroatoms. The number of nitrogens with zero attached hydrogens (tertiary/aromatic N) is 2. The number of hydrogen-bond donors (Lipinski definition) is 2. The lowest BCUT2D eigenvalue weighted by molar-refractivity contribution is 0.408. The van der Waals surface area contributed by atoms with Crippen LogP contribution < -0.4 is 14.2 Å². The molecule has 178 valence electrons. The van der Waals surface area contributed by atoms with Crippen LogP contribution in [0.2, 0.25) is 10.0 Å². The number of nitrogens with one attached hydrogen (secondary N) is 2. The molecule has 0 amide bonds. The minimum atomic E-state index is -3.88. The molecule has 2 N–H and O–H groups in total. The Morgan fingerprint density at radius 3 is 2.45 bits per heavy atom. The van der Waals surface area contributed by atoms with Crippen molar-refractivity contribution < 1.29 is 21.6 Å². The van der Waals surface area contributed by atoms with Crippen molar-refractivity contribution in [1.82, 2.24) is 14.3 Å². The van der Waals surface area contributed by atoms with Crippen LogP contribution >= 0.6 is 23.2 Å². The number of rotatable bonds is 9. The lowest BCUT2D eigenvalue weighted by Crippen LogP contribution is -2.28. The van der Waals surface area contributed by atoms with Gasteiger partial charge in [-0.15, -0.1) is 0 Å². The molecule has 0 spiro atoms. The maximum absolute atomic E-state index is 12.8. The van der Waals surface area contributed by atoms with Crippen LogP contribution in [-0.4, -0.2) is 32.6 Å². The van der Waals surface area contributed by atoms with Gasteiger partial charge in [-0.05, 0) is 44.2 Å². The van der Waals surface area contributed by atoms with Gasteiger partial charge in [0.1, 0.15) is 5.75 Å². The number of imidazole rings is 1. The molecule has 0 saturated heterocycles. The van der Waals surface area contributed by atoms with Crippen molar-refractivity contribution >= 4 is 48.9 Å². The average Bonchev–Trinajstić information content (AvgIpc) is 3.11. The van der Waals surface area contributed by atoms with E-state index in [4.69, 9.17) is 27.9 Å². The minimum Gasteiger partial charge on any atom is -0.425 e. The van der Waals surface area contributed by atoms with Crippen LogP contribution in [0.25, 0.3) is 0 Å². The Balaban J connectivity index is 1.83. The van der Waals surface area contributed by atoms with Crippen LogP contribution in [0.4, 0.5) is 5.69 Å². The fourth-order valence-electron chi connectivity index (χ4n) is 3.06. The third-order valence-electron chi connectivity index (χ3n) is 4.49.